The van der Waals surface area contributed by atoms with Crippen molar-refractivity contribution in [3.05, 3.63) is 72.7 Å². The molecule has 130 valence electrons. The van der Waals surface area contributed by atoms with E-state index < -0.39 is 0 Å². The smallest absolute Gasteiger partial charge is 0.154 e. The van der Waals surface area contributed by atoms with Crippen LogP contribution >= 0.6 is 0 Å². The van der Waals surface area contributed by atoms with Gasteiger partial charge in [0.05, 0.1) is 19.0 Å². The van der Waals surface area contributed by atoms with Crippen molar-refractivity contribution in [1.29, 1.82) is 0 Å². The Labute approximate surface area is 151 Å². The Morgan fingerprint density at radius 1 is 1.00 bits per heavy atom. The zero-order valence-corrected chi connectivity index (χ0v) is 14.5. The molecule has 0 unspecified atom stereocenters. The van der Waals surface area contributed by atoms with E-state index in [1.807, 2.05) is 71.5 Å². The summed E-state index contributed by atoms with van der Waals surface area (Å²) in [7, 11) is 1.66. The van der Waals surface area contributed by atoms with E-state index in [2.05, 4.69) is 20.4 Å². The van der Waals surface area contributed by atoms with Gasteiger partial charge in [-0.15, -0.1) is 5.10 Å². The van der Waals surface area contributed by atoms with Crippen LogP contribution in [0.4, 0.5) is 5.82 Å². The van der Waals surface area contributed by atoms with Crippen LogP contribution in [0.3, 0.4) is 0 Å². The zero-order valence-electron chi connectivity index (χ0n) is 14.5. The number of anilines is 1. The van der Waals surface area contributed by atoms with Gasteiger partial charge in [0.2, 0.25) is 0 Å². The van der Waals surface area contributed by atoms with Crippen molar-refractivity contribution in [1.82, 2.24) is 19.6 Å². The summed E-state index contributed by atoms with van der Waals surface area (Å²) < 4.78 is 7.07. The fourth-order valence-electron chi connectivity index (χ4n) is 2.79. The Hall–Kier alpha value is -3.41. The minimum atomic E-state index is 0.766. The third-order valence-electron chi connectivity index (χ3n) is 4.16. The first-order valence-corrected chi connectivity index (χ1v) is 8.46. The second-order valence-electron chi connectivity index (χ2n) is 5.86. The van der Waals surface area contributed by atoms with Gasteiger partial charge in [0.25, 0.3) is 0 Å². The molecule has 0 aliphatic heterocycles. The first-order chi connectivity index (χ1) is 12.8. The van der Waals surface area contributed by atoms with E-state index in [1.54, 1.807) is 7.11 Å². The van der Waals surface area contributed by atoms with Gasteiger partial charge in [-0.05, 0) is 48.5 Å². The summed E-state index contributed by atoms with van der Waals surface area (Å²) in [6.45, 7) is 0.766. The summed E-state index contributed by atoms with van der Waals surface area (Å²) in [4.78, 5) is 8.77. The average molecular weight is 345 g/mol. The van der Waals surface area contributed by atoms with Crippen LogP contribution in [0.5, 0.6) is 5.75 Å². The van der Waals surface area contributed by atoms with Crippen LogP contribution in [0.1, 0.15) is 5.69 Å². The number of benzene rings is 1. The maximum absolute atomic E-state index is 5.22. The largest absolute Gasteiger partial charge is 0.497 e. The van der Waals surface area contributed by atoms with Gasteiger partial charge in [0, 0.05) is 30.4 Å². The van der Waals surface area contributed by atoms with Crippen molar-refractivity contribution >= 4 is 11.5 Å². The van der Waals surface area contributed by atoms with Gasteiger partial charge in [-0.3, -0.25) is 4.98 Å². The number of pyridine rings is 1. The number of imidazole rings is 1. The molecular formula is C20H19N5O. The molecule has 0 saturated heterocycles. The highest BCUT2D eigenvalue weighted by molar-refractivity contribution is 5.64. The maximum Gasteiger partial charge on any atom is 0.154 e. The third-order valence-corrected chi connectivity index (χ3v) is 4.16. The summed E-state index contributed by atoms with van der Waals surface area (Å²) in [5, 5.41) is 8.03. The monoisotopic (exact) mass is 345 g/mol. The van der Waals surface area contributed by atoms with E-state index in [-0.39, 0.29) is 0 Å². The van der Waals surface area contributed by atoms with Crippen LogP contribution in [0, 0.1) is 0 Å². The quantitative estimate of drug-likeness (QED) is 0.580. The number of nitrogens with zero attached hydrogens (tertiary/aromatic N) is 4. The predicted molar refractivity (Wildman–Crippen MR) is 101 cm³/mol. The van der Waals surface area contributed by atoms with E-state index >= 15 is 0 Å². The maximum atomic E-state index is 5.22. The lowest BCUT2D eigenvalue weighted by Gasteiger charge is -2.07. The highest BCUT2D eigenvalue weighted by atomic mass is 16.5. The summed E-state index contributed by atoms with van der Waals surface area (Å²) in [5.74, 6) is 1.63. The van der Waals surface area contributed by atoms with Gasteiger partial charge in [-0.2, -0.15) is 0 Å². The van der Waals surface area contributed by atoms with E-state index in [0.717, 1.165) is 47.1 Å². The number of ether oxygens (including phenoxy) is 1. The zero-order chi connectivity index (χ0) is 17.8. The summed E-state index contributed by atoms with van der Waals surface area (Å²) >= 11 is 0. The molecule has 1 N–H and O–H groups in total. The molecule has 0 bridgehead atoms. The Morgan fingerprint density at radius 3 is 2.65 bits per heavy atom. The second-order valence-corrected chi connectivity index (χ2v) is 5.86. The van der Waals surface area contributed by atoms with Gasteiger partial charge in [0.1, 0.15) is 11.6 Å². The van der Waals surface area contributed by atoms with Crippen molar-refractivity contribution in [2.24, 2.45) is 0 Å². The van der Waals surface area contributed by atoms with Crippen LogP contribution in [0.15, 0.2) is 67.0 Å². The Balaban J connectivity index is 1.54. The van der Waals surface area contributed by atoms with Crippen LogP contribution in [0.25, 0.3) is 16.9 Å². The van der Waals surface area contributed by atoms with E-state index in [0.29, 0.717) is 0 Å². The van der Waals surface area contributed by atoms with Crippen LogP contribution in [-0.2, 0) is 6.42 Å². The molecule has 0 aliphatic rings. The molecule has 0 saturated carbocycles. The lowest BCUT2D eigenvalue weighted by atomic mass is 10.1. The number of nitrogens with one attached hydrogen (secondary N) is 1. The molecular weight excluding hydrogens is 326 g/mol. The number of hydrogen-bond donors (Lipinski definition) is 1. The predicted octanol–water partition coefficient (Wildman–Crippen LogP) is 3.45. The number of rotatable bonds is 6. The van der Waals surface area contributed by atoms with Crippen LogP contribution in [-0.4, -0.2) is 33.2 Å². The first-order valence-electron chi connectivity index (χ1n) is 8.46. The Morgan fingerprint density at radius 2 is 1.88 bits per heavy atom. The molecule has 1 aromatic carbocycles. The van der Waals surface area contributed by atoms with Gasteiger partial charge in [0.15, 0.2) is 5.65 Å². The van der Waals surface area contributed by atoms with Crippen molar-refractivity contribution in [2.75, 3.05) is 19.0 Å². The minimum absolute atomic E-state index is 0.766. The average Bonchev–Trinajstić information content (AvgIpc) is 3.12. The fraction of sp³-hybridized carbons (Fsp3) is 0.150. The molecule has 4 aromatic rings. The molecule has 3 heterocycles. The van der Waals surface area contributed by atoms with Crippen molar-refractivity contribution < 1.29 is 4.74 Å². The van der Waals surface area contributed by atoms with Gasteiger partial charge >= 0.3 is 0 Å². The third kappa shape index (κ3) is 3.35. The Kier molecular flexibility index (Phi) is 4.47. The molecule has 0 amide bonds. The lowest BCUT2D eigenvalue weighted by Crippen LogP contribution is -2.09. The summed E-state index contributed by atoms with van der Waals surface area (Å²) in [6.07, 6.45) is 4.49. The lowest BCUT2D eigenvalue weighted by molar-refractivity contribution is 0.415. The molecule has 0 radical (unpaired) electrons. The first kappa shape index (κ1) is 16.1. The molecule has 4 rings (SSSR count). The Bertz CT molecular complexity index is 996. The SMILES string of the molecule is COc1ccc(-c2cnc3ccc(NCCc4ccccn4)nn23)cc1. The normalized spacial score (nSPS) is 10.8. The van der Waals surface area contributed by atoms with Crippen LogP contribution in [0.2, 0.25) is 0 Å². The number of hydrogen-bond acceptors (Lipinski definition) is 5. The molecule has 0 aliphatic carbocycles. The molecule has 0 fully saturated rings. The van der Waals surface area contributed by atoms with Crippen molar-refractivity contribution in [3.8, 4) is 17.0 Å². The molecule has 6 heteroatoms. The number of fused-ring (bicyclic) bond motifs is 1. The van der Waals surface area contributed by atoms with Crippen molar-refractivity contribution in [2.45, 2.75) is 6.42 Å². The summed E-state index contributed by atoms with van der Waals surface area (Å²) in [6, 6.07) is 17.7. The fourth-order valence-corrected chi connectivity index (χ4v) is 2.79. The molecule has 0 spiro atoms. The van der Waals surface area contributed by atoms with Crippen LogP contribution < -0.4 is 10.1 Å². The standard InChI is InChI=1S/C20H19N5O/c1-26-17-7-5-15(6-8-17)18-14-23-20-10-9-19(24-25(18)20)22-13-11-16-4-2-3-12-21-16/h2-10,12,14H,11,13H2,1H3,(H,22,24). The molecule has 26 heavy (non-hydrogen) atoms. The number of aromatic nitrogens is 4. The highest BCUT2D eigenvalue weighted by Gasteiger charge is 2.08. The molecule has 6 nitrogen and oxygen atoms in total. The summed E-state index contributed by atoms with van der Waals surface area (Å²) in [5.41, 5.74) is 3.85. The van der Waals surface area contributed by atoms with E-state index in [9.17, 15) is 0 Å². The van der Waals surface area contributed by atoms with Crippen molar-refractivity contribution in [3.63, 3.8) is 0 Å². The molecule has 3 aromatic heterocycles. The van der Waals surface area contributed by atoms with Gasteiger partial charge < -0.3 is 10.1 Å². The number of methoxy groups -OCH3 is 1. The van der Waals surface area contributed by atoms with Gasteiger partial charge in [-0.1, -0.05) is 6.07 Å². The van der Waals surface area contributed by atoms with E-state index in [1.165, 1.54) is 0 Å². The van der Waals surface area contributed by atoms with E-state index in [4.69, 9.17) is 4.74 Å². The topological polar surface area (TPSA) is 64.3 Å². The molecule has 0 atom stereocenters. The highest BCUT2D eigenvalue weighted by Crippen LogP contribution is 2.23. The second kappa shape index (κ2) is 7.23. The van der Waals surface area contributed by atoms with Gasteiger partial charge in [-0.25, -0.2) is 9.50 Å². The minimum Gasteiger partial charge on any atom is -0.497 e.